The zero-order valence-electron chi connectivity index (χ0n) is 7.68. The Balaban J connectivity index is 1.79. The number of hydrogen-bond acceptors (Lipinski definition) is 4. The molecule has 2 heterocycles. The van der Waals surface area contributed by atoms with Crippen LogP contribution < -0.4 is 5.32 Å². The van der Waals surface area contributed by atoms with Gasteiger partial charge < -0.3 is 5.32 Å². The highest BCUT2D eigenvalue weighted by atomic mass is 32.1. The lowest BCUT2D eigenvalue weighted by Crippen LogP contribution is -2.13. The van der Waals surface area contributed by atoms with Crippen molar-refractivity contribution in [3.63, 3.8) is 0 Å². The molecule has 0 aromatic carbocycles. The summed E-state index contributed by atoms with van der Waals surface area (Å²) in [6, 6.07) is 2.12. The number of hydrogen-bond donors (Lipinski definition) is 1. The van der Waals surface area contributed by atoms with E-state index in [2.05, 4.69) is 32.1 Å². The molecule has 72 valence electrons. The molecule has 2 aromatic rings. The average Bonchev–Trinajstić information content (AvgIpc) is 2.72. The summed E-state index contributed by atoms with van der Waals surface area (Å²) in [5, 5.41) is 7.53. The van der Waals surface area contributed by atoms with Gasteiger partial charge in [-0.3, -0.25) is 9.97 Å². The van der Waals surface area contributed by atoms with Crippen LogP contribution >= 0.6 is 11.3 Å². The van der Waals surface area contributed by atoms with E-state index in [0.717, 1.165) is 18.8 Å². The van der Waals surface area contributed by atoms with Gasteiger partial charge in [-0.2, -0.15) is 11.3 Å². The van der Waals surface area contributed by atoms with Gasteiger partial charge in [0.15, 0.2) is 0 Å². The largest absolute Gasteiger partial charge is 0.307 e. The zero-order chi connectivity index (χ0) is 9.64. The topological polar surface area (TPSA) is 37.8 Å². The Morgan fingerprint density at radius 2 is 2.29 bits per heavy atom. The summed E-state index contributed by atoms with van der Waals surface area (Å²) in [5.74, 6) is 0. The minimum absolute atomic E-state index is 0.768. The van der Waals surface area contributed by atoms with Crippen molar-refractivity contribution in [2.45, 2.75) is 13.1 Å². The molecule has 0 bridgehead atoms. The Morgan fingerprint density at radius 3 is 3.00 bits per heavy atom. The lowest BCUT2D eigenvalue weighted by molar-refractivity contribution is 0.678. The molecule has 0 fully saturated rings. The summed E-state index contributed by atoms with van der Waals surface area (Å²) >= 11 is 1.72. The van der Waals surface area contributed by atoms with Crippen molar-refractivity contribution in [3.05, 3.63) is 46.7 Å². The third-order valence-electron chi connectivity index (χ3n) is 1.83. The number of thiophene rings is 1. The highest BCUT2D eigenvalue weighted by Crippen LogP contribution is 2.05. The third kappa shape index (κ3) is 2.61. The van der Waals surface area contributed by atoms with Gasteiger partial charge in [-0.1, -0.05) is 0 Å². The Bertz CT molecular complexity index is 358. The van der Waals surface area contributed by atoms with E-state index in [-0.39, 0.29) is 0 Å². The minimum Gasteiger partial charge on any atom is -0.307 e. The summed E-state index contributed by atoms with van der Waals surface area (Å²) in [6.45, 7) is 1.66. The summed E-state index contributed by atoms with van der Waals surface area (Å²) in [6.07, 6.45) is 5.17. The predicted octanol–water partition coefficient (Wildman–Crippen LogP) is 1.83. The fourth-order valence-corrected chi connectivity index (χ4v) is 1.82. The monoisotopic (exact) mass is 205 g/mol. The van der Waals surface area contributed by atoms with Gasteiger partial charge in [0.05, 0.1) is 5.69 Å². The molecule has 0 amide bonds. The Labute approximate surface area is 86.8 Å². The van der Waals surface area contributed by atoms with Gasteiger partial charge >= 0.3 is 0 Å². The van der Waals surface area contributed by atoms with E-state index in [0.29, 0.717) is 0 Å². The molecule has 0 unspecified atom stereocenters. The second-order valence-electron chi connectivity index (χ2n) is 2.93. The van der Waals surface area contributed by atoms with E-state index in [1.807, 2.05) is 0 Å². The Hall–Kier alpha value is -1.26. The number of nitrogens with one attached hydrogen (secondary N) is 1. The van der Waals surface area contributed by atoms with Crippen LogP contribution in [0.4, 0.5) is 0 Å². The lowest BCUT2D eigenvalue weighted by atomic mass is 10.3. The molecule has 0 aliphatic carbocycles. The van der Waals surface area contributed by atoms with Crippen LogP contribution in [0.1, 0.15) is 11.3 Å². The first-order valence-corrected chi connectivity index (χ1v) is 5.36. The predicted molar refractivity (Wildman–Crippen MR) is 56.9 cm³/mol. The Morgan fingerprint density at radius 1 is 1.29 bits per heavy atom. The molecule has 0 atom stereocenters. The molecule has 0 aliphatic heterocycles. The molecule has 2 aromatic heterocycles. The molecular formula is C10H11N3S. The second kappa shape index (κ2) is 4.83. The molecule has 2 rings (SSSR count). The first-order valence-electron chi connectivity index (χ1n) is 4.42. The van der Waals surface area contributed by atoms with Crippen LogP contribution in [0.25, 0.3) is 0 Å². The van der Waals surface area contributed by atoms with Crippen LogP contribution in [0.2, 0.25) is 0 Å². The first-order chi connectivity index (χ1) is 6.95. The van der Waals surface area contributed by atoms with Crippen molar-refractivity contribution in [1.82, 2.24) is 15.3 Å². The number of aromatic nitrogens is 2. The van der Waals surface area contributed by atoms with Gasteiger partial charge in [0.25, 0.3) is 0 Å². The molecule has 1 N–H and O–H groups in total. The summed E-state index contributed by atoms with van der Waals surface area (Å²) < 4.78 is 0. The molecule has 0 radical (unpaired) electrons. The fraction of sp³-hybridized carbons (Fsp3) is 0.200. The normalized spacial score (nSPS) is 10.3. The van der Waals surface area contributed by atoms with E-state index in [4.69, 9.17) is 0 Å². The maximum atomic E-state index is 4.18. The summed E-state index contributed by atoms with van der Waals surface area (Å²) in [7, 11) is 0. The fourth-order valence-electron chi connectivity index (χ4n) is 1.15. The molecule has 3 nitrogen and oxygen atoms in total. The maximum absolute atomic E-state index is 4.18. The number of rotatable bonds is 4. The quantitative estimate of drug-likeness (QED) is 0.827. The van der Waals surface area contributed by atoms with E-state index in [1.54, 1.807) is 29.9 Å². The molecule has 14 heavy (non-hydrogen) atoms. The number of nitrogens with zero attached hydrogens (tertiary/aromatic N) is 2. The lowest BCUT2D eigenvalue weighted by Gasteiger charge is -2.01. The van der Waals surface area contributed by atoms with Gasteiger partial charge in [0, 0.05) is 31.7 Å². The molecular weight excluding hydrogens is 194 g/mol. The van der Waals surface area contributed by atoms with Crippen LogP contribution in [0, 0.1) is 0 Å². The van der Waals surface area contributed by atoms with Gasteiger partial charge in [-0.05, 0) is 22.4 Å². The van der Waals surface area contributed by atoms with Gasteiger partial charge in [-0.25, -0.2) is 0 Å². The minimum atomic E-state index is 0.768. The van der Waals surface area contributed by atoms with E-state index >= 15 is 0 Å². The van der Waals surface area contributed by atoms with E-state index in [1.165, 1.54) is 5.56 Å². The van der Waals surface area contributed by atoms with Crippen molar-refractivity contribution in [3.8, 4) is 0 Å². The van der Waals surface area contributed by atoms with Gasteiger partial charge in [0.2, 0.25) is 0 Å². The van der Waals surface area contributed by atoms with Crippen LogP contribution in [-0.2, 0) is 13.1 Å². The smallest absolute Gasteiger partial charge is 0.0724 e. The van der Waals surface area contributed by atoms with Crippen LogP contribution in [0.5, 0.6) is 0 Å². The zero-order valence-corrected chi connectivity index (χ0v) is 8.50. The average molecular weight is 205 g/mol. The van der Waals surface area contributed by atoms with Crippen LogP contribution in [-0.4, -0.2) is 9.97 Å². The van der Waals surface area contributed by atoms with Gasteiger partial charge in [0.1, 0.15) is 0 Å². The summed E-state index contributed by atoms with van der Waals surface area (Å²) in [5.41, 5.74) is 2.29. The van der Waals surface area contributed by atoms with Crippen molar-refractivity contribution in [2.24, 2.45) is 0 Å². The van der Waals surface area contributed by atoms with E-state index < -0.39 is 0 Å². The molecule has 0 saturated carbocycles. The van der Waals surface area contributed by atoms with Crippen molar-refractivity contribution >= 4 is 11.3 Å². The molecule has 0 spiro atoms. The summed E-state index contributed by atoms with van der Waals surface area (Å²) in [4.78, 5) is 8.18. The highest BCUT2D eigenvalue weighted by Gasteiger charge is 1.94. The highest BCUT2D eigenvalue weighted by molar-refractivity contribution is 7.07. The van der Waals surface area contributed by atoms with Crippen molar-refractivity contribution < 1.29 is 0 Å². The first kappa shape index (κ1) is 9.30. The standard InChI is InChI=1S/C10H11N3S/c1-4-14-8-9(1)5-12-7-10-6-11-2-3-13-10/h1-4,6,8,12H,5,7H2. The van der Waals surface area contributed by atoms with Crippen molar-refractivity contribution in [1.29, 1.82) is 0 Å². The molecule has 0 aliphatic rings. The maximum Gasteiger partial charge on any atom is 0.0724 e. The van der Waals surface area contributed by atoms with Crippen LogP contribution in [0.15, 0.2) is 35.4 Å². The van der Waals surface area contributed by atoms with Crippen LogP contribution in [0.3, 0.4) is 0 Å². The molecule has 0 saturated heterocycles. The third-order valence-corrected chi connectivity index (χ3v) is 2.56. The SMILES string of the molecule is c1cnc(CNCc2ccsc2)cn1. The van der Waals surface area contributed by atoms with E-state index in [9.17, 15) is 0 Å². The molecule has 4 heteroatoms. The second-order valence-corrected chi connectivity index (χ2v) is 3.71. The van der Waals surface area contributed by atoms with Gasteiger partial charge in [-0.15, -0.1) is 0 Å². The van der Waals surface area contributed by atoms with Crippen molar-refractivity contribution in [2.75, 3.05) is 0 Å². The Kier molecular flexibility index (Phi) is 3.21.